The van der Waals surface area contributed by atoms with Gasteiger partial charge in [0.25, 0.3) is 5.91 Å². The summed E-state index contributed by atoms with van der Waals surface area (Å²) in [6.07, 6.45) is 2.74. The van der Waals surface area contributed by atoms with Crippen LogP contribution in [0.3, 0.4) is 0 Å². The van der Waals surface area contributed by atoms with E-state index in [9.17, 15) is 4.79 Å². The molecule has 0 spiro atoms. The molecule has 0 radical (unpaired) electrons. The average molecular weight is 448 g/mol. The van der Waals surface area contributed by atoms with Crippen LogP contribution in [-0.4, -0.2) is 65.6 Å². The van der Waals surface area contributed by atoms with E-state index in [1.165, 1.54) is 11.3 Å². The molecular weight excluding hydrogens is 418 g/mol. The summed E-state index contributed by atoms with van der Waals surface area (Å²) in [5.74, 6) is 0.774. The Hall–Kier alpha value is -1.47. The smallest absolute Gasteiger partial charge is 0.265 e. The molecule has 0 aliphatic carbocycles. The van der Waals surface area contributed by atoms with Crippen molar-refractivity contribution in [1.82, 2.24) is 14.8 Å². The van der Waals surface area contributed by atoms with Gasteiger partial charge < -0.3 is 9.64 Å². The molecule has 5 nitrogen and oxygen atoms in total. The van der Waals surface area contributed by atoms with E-state index in [0.717, 1.165) is 66.7 Å². The second kappa shape index (κ2) is 9.35. The molecule has 3 heterocycles. The van der Waals surface area contributed by atoms with Gasteiger partial charge in [0.05, 0.1) is 17.9 Å². The zero-order valence-electron chi connectivity index (χ0n) is 17.9. The number of aryl methyl sites for hydroxylation is 1. The number of aromatic nitrogens is 1. The molecule has 1 aromatic carbocycles. The van der Waals surface area contributed by atoms with Gasteiger partial charge in [0.2, 0.25) is 0 Å². The monoisotopic (exact) mass is 447 g/mol. The van der Waals surface area contributed by atoms with Crippen molar-refractivity contribution in [2.75, 3.05) is 32.7 Å². The summed E-state index contributed by atoms with van der Waals surface area (Å²) >= 11 is 7.47. The molecule has 30 heavy (non-hydrogen) atoms. The number of hydrogen-bond acceptors (Lipinski definition) is 5. The van der Waals surface area contributed by atoms with Gasteiger partial charge in [-0.2, -0.15) is 0 Å². The lowest BCUT2D eigenvalue weighted by Gasteiger charge is -2.39. The number of carbonyl (C=O) groups is 1. The van der Waals surface area contributed by atoms with E-state index >= 15 is 0 Å². The lowest BCUT2D eigenvalue weighted by molar-refractivity contribution is -0.0728. The van der Waals surface area contributed by atoms with Crippen LogP contribution in [0.5, 0.6) is 0 Å². The molecule has 2 atom stereocenters. The van der Waals surface area contributed by atoms with Crippen LogP contribution in [-0.2, 0) is 4.74 Å². The van der Waals surface area contributed by atoms with Crippen LogP contribution in [0.1, 0.15) is 42.1 Å². The van der Waals surface area contributed by atoms with Gasteiger partial charge in [0.1, 0.15) is 9.88 Å². The van der Waals surface area contributed by atoms with Gasteiger partial charge in [-0.3, -0.25) is 9.69 Å². The van der Waals surface area contributed by atoms with Gasteiger partial charge in [-0.25, -0.2) is 4.98 Å². The highest BCUT2D eigenvalue weighted by molar-refractivity contribution is 7.17. The predicted octanol–water partition coefficient (Wildman–Crippen LogP) is 4.73. The summed E-state index contributed by atoms with van der Waals surface area (Å²) in [5.41, 5.74) is 1.81. The van der Waals surface area contributed by atoms with Gasteiger partial charge in [0.15, 0.2) is 0 Å². The zero-order chi connectivity index (χ0) is 21.3. The van der Waals surface area contributed by atoms with Crippen molar-refractivity contribution in [2.45, 2.75) is 45.8 Å². The van der Waals surface area contributed by atoms with E-state index in [1.807, 2.05) is 36.1 Å². The largest absolute Gasteiger partial charge is 0.373 e. The number of likely N-dealkylation sites (tertiary alicyclic amines) is 1. The van der Waals surface area contributed by atoms with E-state index in [0.29, 0.717) is 23.1 Å². The minimum atomic E-state index is 0.122. The number of ether oxygens (including phenoxy) is 1. The van der Waals surface area contributed by atoms with Crippen LogP contribution in [0, 0.1) is 12.8 Å². The molecule has 0 bridgehead atoms. The normalized spacial score (nSPS) is 23.7. The number of rotatable bonds is 4. The van der Waals surface area contributed by atoms with Crippen LogP contribution < -0.4 is 0 Å². The molecule has 1 aromatic heterocycles. The molecule has 4 rings (SSSR count). The summed E-state index contributed by atoms with van der Waals surface area (Å²) in [6, 6.07) is 7.62. The minimum Gasteiger partial charge on any atom is -0.373 e. The Labute approximate surface area is 188 Å². The number of hydrogen-bond donors (Lipinski definition) is 0. The molecule has 162 valence electrons. The maximum absolute atomic E-state index is 13.2. The van der Waals surface area contributed by atoms with E-state index < -0.39 is 0 Å². The number of morpholine rings is 1. The fourth-order valence-corrected chi connectivity index (χ4v) is 5.74. The molecule has 7 heteroatoms. The highest BCUT2D eigenvalue weighted by atomic mass is 35.5. The van der Waals surface area contributed by atoms with Gasteiger partial charge in [0, 0.05) is 43.3 Å². The first kappa shape index (κ1) is 21.8. The quantitative estimate of drug-likeness (QED) is 0.679. The third-order valence-corrected chi connectivity index (χ3v) is 7.44. The fourth-order valence-electron chi connectivity index (χ4n) is 4.57. The summed E-state index contributed by atoms with van der Waals surface area (Å²) in [5, 5.41) is 1.57. The standard InChI is InChI=1S/C23H30ClN3O2S/c1-15-12-26(13-16(2)29-15)14-18-8-10-27(11-9-18)23(28)21-17(3)25-22(30-21)19-4-6-20(24)7-5-19/h4-7,15-16,18H,8-14H2,1-3H3. The number of benzene rings is 1. The van der Waals surface area contributed by atoms with Crippen LogP contribution in [0.15, 0.2) is 24.3 Å². The molecule has 2 aromatic rings. The van der Waals surface area contributed by atoms with Crippen molar-refractivity contribution in [3.63, 3.8) is 0 Å². The van der Waals surface area contributed by atoms with Gasteiger partial charge in [-0.1, -0.05) is 23.7 Å². The minimum absolute atomic E-state index is 0.122. The number of thiazole rings is 1. The van der Waals surface area contributed by atoms with Crippen LogP contribution in [0.4, 0.5) is 0 Å². The molecule has 2 fully saturated rings. The van der Waals surface area contributed by atoms with Crippen LogP contribution in [0.2, 0.25) is 5.02 Å². The third-order valence-electron chi connectivity index (χ3n) is 6.00. The maximum atomic E-state index is 13.2. The zero-order valence-corrected chi connectivity index (χ0v) is 19.5. The van der Waals surface area contributed by atoms with Crippen molar-refractivity contribution in [2.24, 2.45) is 5.92 Å². The summed E-state index contributed by atoms with van der Waals surface area (Å²) in [6.45, 7) is 11.0. The van der Waals surface area contributed by atoms with Crippen molar-refractivity contribution >= 4 is 28.8 Å². The number of amides is 1. The van der Waals surface area contributed by atoms with Crippen molar-refractivity contribution in [3.8, 4) is 10.6 Å². The Balaban J connectivity index is 1.35. The molecule has 2 saturated heterocycles. The molecule has 1 amide bonds. The van der Waals surface area contributed by atoms with Crippen molar-refractivity contribution in [1.29, 1.82) is 0 Å². The highest BCUT2D eigenvalue weighted by Gasteiger charge is 2.29. The number of piperidine rings is 1. The topological polar surface area (TPSA) is 45.7 Å². The third kappa shape index (κ3) is 5.05. The Morgan fingerprint density at radius 1 is 1.17 bits per heavy atom. The first-order chi connectivity index (χ1) is 14.4. The second-order valence-corrected chi connectivity index (χ2v) is 10.1. The van der Waals surface area contributed by atoms with E-state index in [-0.39, 0.29) is 5.91 Å². The summed E-state index contributed by atoms with van der Waals surface area (Å²) in [7, 11) is 0. The van der Waals surface area contributed by atoms with Gasteiger partial charge >= 0.3 is 0 Å². The molecule has 2 aliphatic rings. The van der Waals surface area contributed by atoms with E-state index in [2.05, 4.69) is 23.7 Å². The SMILES string of the molecule is Cc1nc(-c2ccc(Cl)cc2)sc1C(=O)N1CCC(CN2CC(C)OC(C)C2)CC1. The van der Waals surface area contributed by atoms with Crippen molar-refractivity contribution in [3.05, 3.63) is 39.9 Å². The molecule has 0 N–H and O–H groups in total. The van der Waals surface area contributed by atoms with Gasteiger partial charge in [-0.05, 0) is 51.7 Å². The predicted molar refractivity (Wildman–Crippen MR) is 122 cm³/mol. The molecule has 0 saturated carbocycles. The highest BCUT2D eigenvalue weighted by Crippen LogP contribution is 2.31. The number of carbonyl (C=O) groups excluding carboxylic acids is 1. The van der Waals surface area contributed by atoms with Crippen LogP contribution in [0.25, 0.3) is 10.6 Å². The van der Waals surface area contributed by atoms with E-state index in [4.69, 9.17) is 16.3 Å². The lowest BCUT2D eigenvalue weighted by atomic mass is 9.95. The lowest BCUT2D eigenvalue weighted by Crippen LogP contribution is -2.48. The fraction of sp³-hybridized carbons (Fsp3) is 0.565. The average Bonchev–Trinajstić information content (AvgIpc) is 3.09. The second-order valence-electron chi connectivity index (χ2n) is 8.65. The summed E-state index contributed by atoms with van der Waals surface area (Å²) < 4.78 is 5.85. The molecule has 2 unspecified atom stereocenters. The Morgan fingerprint density at radius 2 is 1.80 bits per heavy atom. The molecular formula is C23H30ClN3O2S. The van der Waals surface area contributed by atoms with Crippen molar-refractivity contribution < 1.29 is 9.53 Å². The van der Waals surface area contributed by atoms with E-state index in [1.54, 1.807) is 0 Å². The Kier molecular flexibility index (Phi) is 6.78. The number of nitrogens with zero attached hydrogens (tertiary/aromatic N) is 3. The van der Waals surface area contributed by atoms with Crippen LogP contribution >= 0.6 is 22.9 Å². The Morgan fingerprint density at radius 3 is 2.43 bits per heavy atom. The van der Waals surface area contributed by atoms with Gasteiger partial charge in [-0.15, -0.1) is 11.3 Å². The molecule has 2 aliphatic heterocycles. The first-order valence-electron chi connectivity index (χ1n) is 10.8. The number of halogens is 1. The first-order valence-corrected chi connectivity index (χ1v) is 12.0. The Bertz CT molecular complexity index is 867. The maximum Gasteiger partial charge on any atom is 0.265 e. The summed E-state index contributed by atoms with van der Waals surface area (Å²) in [4.78, 5) is 23.1.